The molecule has 0 aromatic heterocycles. The highest BCUT2D eigenvalue weighted by Gasteiger charge is 2.23. The third-order valence-corrected chi connectivity index (χ3v) is 2.96. The molecule has 0 spiro atoms. The molecule has 1 rings (SSSR count). The molecular formula is C10H22N2. The third-order valence-electron chi connectivity index (χ3n) is 2.96. The monoisotopic (exact) mass is 170 g/mol. The summed E-state index contributed by atoms with van der Waals surface area (Å²) >= 11 is 0. The minimum Gasteiger partial charge on any atom is -0.328 e. The van der Waals surface area contributed by atoms with Gasteiger partial charge in [-0.25, -0.2) is 0 Å². The van der Waals surface area contributed by atoms with Crippen LogP contribution in [-0.2, 0) is 0 Å². The van der Waals surface area contributed by atoms with E-state index in [2.05, 4.69) is 25.7 Å². The maximum absolute atomic E-state index is 5.90. The Labute approximate surface area is 76.1 Å². The van der Waals surface area contributed by atoms with Gasteiger partial charge >= 0.3 is 0 Å². The van der Waals surface area contributed by atoms with Gasteiger partial charge in [-0.15, -0.1) is 0 Å². The molecule has 1 saturated heterocycles. The molecule has 0 radical (unpaired) electrons. The van der Waals surface area contributed by atoms with Gasteiger partial charge in [0.25, 0.3) is 0 Å². The maximum Gasteiger partial charge on any atom is 0.00509 e. The van der Waals surface area contributed by atoms with Crippen molar-refractivity contribution in [2.45, 2.75) is 45.7 Å². The summed E-state index contributed by atoms with van der Waals surface area (Å²) in [6.07, 6.45) is 2.64. The summed E-state index contributed by atoms with van der Waals surface area (Å²) in [4.78, 5) is 2.54. The van der Waals surface area contributed by atoms with Crippen LogP contribution < -0.4 is 5.73 Å². The minimum atomic E-state index is 0.367. The van der Waals surface area contributed by atoms with Crippen LogP contribution >= 0.6 is 0 Å². The molecule has 0 aromatic rings. The van der Waals surface area contributed by atoms with Crippen LogP contribution in [0.1, 0.15) is 33.6 Å². The number of rotatable bonds is 2. The minimum absolute atomic E-state index is 0.367. The van der Waals surface area contributed by atoms with Crippen LogP contribution in [-0.4, -0.2) is 30.1 Å². The molecule has 0 saturated carbocycles. The second-order valence-corrected chi connectivity index (χ2v) is 4.35. The largest absolute Gasteiger partial charge is 0.328 e. The highest BCUT2D eigenvalue weighted by atomic mass is 15.2. The van der Waals surface area contributed by atoms with E-state index in [9.17, 15) is 0 Å². The average molecular weight is 170 g/mol. The van der Waals surface area contributed by atoms with Gasteiger partial charge in [0, 0.05) is 18.6 Å². The first-order chi connectivity index (χ1) is 5.61. The SMILES string of the molecule is CC(C)N1CCCC([C@H](C)N)C1. The van der Waals surface area contributed by atoms with Gasteiger partial charge in [0.1, 0.15) is 0 Å². The van der Waals surface area contributed by atoms with Crippen molar-refractivity contribution in [1.29, 1.82) is 0 Å². The quantitative estimate of drug-likeness (QED) is 0.679. The van der Waals surface area contributed by atoms with Crippen LogP contribution in [0.25, 0.3) is 0 Å². The molecular weight excluding hydrogens is 148 g/mol. The van der Waals surface area contributed by atoms with Crippen LogP contribution in [0.15, 0.2) is 0 Å². The van der Waals surface area contributed by atoms with E-state index < -0.39 is 0 Å². The van der Waals surface area contributed by atoms with Crippen LogP contribution in [0.3, 0.4) is 0 Å². The molecule has 1 aliphatic rings. The predicted molar refractivity (Wildman–Crippen MR) is 53.1 cm³/mol. The zero-order chi connectivity index (χ0) is 9.14. The van der Waals surface area contributed by atoms with Crippen molar-refractivity contribution in [1.82, 2.24) is 4.90 Å². The summed E-state index contributed by atoms with van der Waals surface area (Å²) < 4.78 is 0. The van der Waals surface area contributed by atoms with Crippen LogP contribution in [0, 0.1) is 5.92 Å². The molecule has 2 nitrogen and oxygen atoms in total. The van der Waals surface area contributed by atoms with Crippen LogP contribution in [0.2, 0.25) is 0 Å². The normalized spacial score (nSPS) is 29.2. The Morgan fingerprint density at radius 1 is 1.33 bits per heavy atom. The fourth-order valence-electron chi connectivity index (χ4n) is 1.94. The summed E-state index contributed by atoms with van der Waals surface area (Å²) in [6, 6.07) is 1.05. The zero-order valence-corrected chi connectivity index (χ0v) is 8.59. The standard InChI is InChI=1S/C10H22N2/c1-8(2)12-6-4-5-10(7-12)9(3)11/h8-10H,4-7,11H2,1-3H3/t9-,10?/m0/s1. The Morgan fingerprint density at radius 3 is 2.50 bits per heavy atom. The van der Waals surface area contributed by atoms with Crippen LogP contribution in [0.4, 0.5) is 0 Å². The van der Waals surface area contributed by atoms with Crippen molar-refractivity contribution >= 4 is 0 Å². The van der Waals surface area contributed by atoms with Gasteiger partial charge in [-0.2, -0.15) is 0 Å². The predicted octanol–water partition coefficient (Wildman–Crippen LogP) is 1.45. The fraction of sp³-hybridized carbons (Fsp3) is 1.00. The Bertz CT molecular complexity index is 118. The van der Waals surface area contributed by atoms with Gasteiger partial charge in [-0.3, -0.25) is 0 Å². The Kier molecular flexibility index (Phi) is 3.53. The molecule has 0 amide bonds. The molecule has 12 heavy (non-hydrogen) atoms. The van der Waals surface area contributed by atoms with Crippen molar-refractivity contribution in [2.75, 3.05) is 13.1 Å². The lowest BCUT2D eigenvalue weighted by atomic mass is 9.91. The molecule has 72 valence electrons. The second kappa shape index (κ2) is 4.24. The molecule has 0 bridgehead atoms. The van der Waals surface area contributed by atoms with Gasteiger partial charge in [0.05, 0.1) is 0 Å². The molecule has 2 N–H and O–H groups in total. The van der Waals surface area contributed by atoms with Crippen LogP contribution in [0.5, 0.6) is 0 Å². The van der Waals surface area contributed by atoms with E-state index in [0.717, 1.165) is 5.92 Å². The van der Waals surface area contributed by atoms with E-state index in [1.165, 1.54) is 25.9 Å². The molecule has 1 aliphatic heterocycles. The number of nitrogens with zero attached hydrogens (tertiary/aromatic N) is 1. The highest BCUT2D eigenvalue weighted by Crippen LogP contribution is 2.19. The van der Waals surface area contributed by atoms with Gasteiger partial charge in [0.2, 0.25) is 0 Å². The summed E-state index contributed by atoms with van der Waals surface area (Å²) in [5, 5.41) is 0. The van der Waals surface area contributed by atoms with E-state index in [4.69, 9.17) is 5.73 Å². The fourth-order valence-corrected chi connectivity index (χ4v) is 1.94. The van der Waals surface area contributed by atoms with E-state index in [1.54, 1.807) is 0 Å². The molecule has 0 aromatic carbocycles. The summed E-state index contributed by atoms with van der Waals surface area (Å²) in [6.45, 7) is 9.14. The Balaban J connectivity index is 2.40. The van der Waals surface area contributed by atoms with E-state index in [-0.39, 0.29) is 0 Å². The lowest BCUT2D eigenvalue weighted by Crippen LogP contribution is -2.45. The van der Waals surface area contributed by atoms with Crippen molar-refractivity contribution in [3.8, 4) is 0 Å². The Morgan fingerprint density at radius 2 is 2.00 bits per heavy atom. The average Bonchev–Trinajstić information content (AvgIpc) is 2.04. The number of hydrogen-bond donors (Lipinski definition) is 1. The zero-order valence-electron chi connectivity index (χ0n) is 8.59. The molecule has 1 unspecified atom stereocenters. The summed E-state index contributed by atoms with van der Waals surface area (Å²) in [5.74, 6) is 0.723. The van der Waals surface area contributed by atoms with Crippen molar-refractivity contribution < 1.29 is 0 Å². The second-order valence-electron chi connectivity index (χ2n) is 4.35. The molecule has 2 atom stereocenters. The molecule has 1 heterocycles. The van der Waals surface area contributed by atoms with E-state index in [1.807, 2.05) is 0 Å². The molecule has 2 heteroatoms. The smallest absolute Gasteiger partial charge is 0.00509 e. The first kappa shape index (κ1) is 10.0. The topological polar surface area (TPSA) is 29.3 Å². The van der Waals surface area contributed by atoms with Crippen molar-refractivity contribution in [2.24, 2.45) is 11.7 Å². The first-order valence-corrected chi connectivity index (χ1v) is 5.11. The number of likely N-dealkylation sites (tertiary alicyclic amines) is 1. The van der Waals surface area contributed by atoms with Crippen molar-refractivity contribution in [3.05, 3.63) is 0 Å². The van der Waals surface area contributed by atoms with Crippen molar-refractivity contribution in [3.63, 3.8) is 0 Å². The number of piperidine rings is 1. The lowest BCUT2D eigenvalue weighted by Gasteiger charge is -2.37. The maximum atomic E-state index is 5.90. The third kappa shape index (κ3) is 2.46. The number of hydrogen-bond acceptors (Lipinski definition) is 2. The molecule has 0 aliphatic carbocycles. The van der Waals surface area contributed by atoms with E-state index >= 15 is 0 Å². The van der Waals surface area contributed by atoms with Gasteiger partial charge in [-0.05, 0) is 46.1 Å². The number of nitrogens with two attached hydrogens (primary N) is 1. The highest BCUT2D eigenvalue weighted by molar-refractivity contribution is 4.79. The van der Waals surface area contributed by atoms with Gasteiger partial charge in [-0.1, -0.05) is 0 Å². The molecule has 1 fully saturated rings. The summed E-state index contributed by atoms with van der Waals surface area (Å²) in [5.41, 5.74) is 5.90. The van der Waals surface area contributed by atoms with Gasteiger partial charge < -0.3 is 10.6 Å². The Hall–Kier alpha value is -0.0800. The van der Waals surface area contributed by atoms with Gasteiger partial charge in [0.15, 0.2) is 0 Å². The van der Waals surface area contributed by atoms with E-state index in [0.29, 0.717) is 12.1 Å². The first-order valence-electron chi connectivity index (χ1n) is 5.11. The lowest BCUT2D eigenvalue weighted by molar-refractivity contribution is 0.129. The summed E-state index contributed by atoms with van der Waals surface area (Å²) in [7, 11) is 0.